The normalized spacial score (nSPS) is 16.5. The quantitative estimate of drug-likeness (QED) is 0.666. The lowest BCUT2D eigenvalue weighted by atomic mass is 10.2. The van der Waals surface area contributed by atoms with Crippen molar-refractivity contribution in [1.82, 2.24) is 14.9 Å². The van der Waals surface area contributed by atoms with Gasteiger partial charge in [0.05, 0.1) is 17.5 Å². The number of nitrogens with zero attached hydrogens (tertiary/aromatic N) is 3. The molecular weight excluding hydrogens is 270 g/mol. The highest BCUT2D eigenvalue weighted by Crippen LogP contribution is 2.16. The minimum Gasteiger partial charge on any atom is -0.399 e. The van der Waals surface area contributed by atoms with Crippen molar-refractivity contribution in [2.24, 2.45) is 0 Å². The van der Waals surface area contributed by atoms with E-state index in [4.69, 9.17) is 10.8 Å². The van der Waals surface area contributed by atoms with Crippen molar-refractivity contribution in [2.45, 2.75) is 0 Å². The molecule has 1 saturated heterocycles. The standard InChI is InChI=1S/C14H19N5O2/c15-10-1-2-12-11(9-10)13(21)17-14(16-12)19-5-3-18(4-6-19)7-8-20/h1-2,9,20H,3-8,15H2,(H,16,17,21). The molecule has 7 nitrogen and oxygen atoms in total. The second kappa shape index (κ2) is 5.71. The zero-order valence-electron chi connectivity index (χ0n) is 11.7. The summed E-state index contributed by atoms with van der Waals surface area (Å²) in [5.41, 5.74) is 6.74. The molecule has 0 bridgehead atoms. The van der Waals surface area contributed by atoms with Crippen molar-refractivity contribution >= 4 is 22.5 Å². The SMILES string of the molecule is Nc1ccc2nc(N3CCN(CCO)CC3)[nH]c(=O)c2c1. The van der Waals surface area contributed by atoms with Crippen LogP contribution in [0.5, 0.6) is 0 Å². The van der Waals surface area contributed by atoms with Crippen LogP contribution in [0.1, 0.15) is 0 Å². The third-order valence-electron chi connectivity index (χ3n) is 3.80. The third-order valence-corrected chi connectivity index (χ3v) is 3.80. The number of nitrogens with two attached hydrogens (primary N) is 1. The molecule has 0 saturated carbocycles. The molecule has 21 heavy (non-hydrogen) atoms. The molecule has 112 valence electrons. The van der Waals surface area contributed by atoms with E-state index in [1.807, 2.05) is 0 Å². The molecule has 7 heteroatoms. The van der Waals surface area contributed by atoms with E-state index in [1.54, 1.807) is 18.2 Å². The van der Waals surface area contributed by atoms with Crippen LogP contribution < -0.4 is 16.2 Å². The lowest BCUT2D eigenvalue weighted by Gasteiger charge is -2.34. The Labute approximate surface area is 122 Å². The van der Waals surface area contributed by atoms with Gasteiger partial charge in [-0.1, -0.05) is 0 Å². The molecule has 3 rings (SSSR count). The van der Waals surface area contributed by atoms with Crippen LogP contribution in [0.4, 0.5) is 11.6 Å². The highest BCUT2D eigenvalue weighted by Gasteiger charge is 2.18. The van der Waals surface area contributed by atoms with Gasteiger partial charge in [0.1, 0.15) is 0 Å². The van der Waals surface area contributed by atoms with Crippen LogP contribution in [-0.2, 0) is 0 Å². The number of hydrogen-bond donors (Lipinski definition) is 3. The molecule has 2 aromatic rings. The van der Waals surface area contributed by atoms with Crippen molar-refractivity contribution in [3.05, 3.63) is 28.6 Å². The van der Waals surface area contributed by atoms with Crippen LogP contribution in [0.2, 0.25) is 0 Å². The number of aliphatic hydroxyl groups is 1. The van der Waals surface area contributed by atoms with Crippen LogP contribution in [-0.4, -0.2) is 59.3 Å². The first kappa shape index (κ1) is 13.8. The zero-order chi connectivity index (χ0) is 14.8. The van der Waals surface area contributed by atoms with Crippen molar-refractivity contribution in [1.29, 1.82) is 0 Å². The van der Waals surface area contributed by atoms with E-state index in [1.165, 1.54) is 0 Å². The number of benzene rings is 1. The van der Waals surface area contributed by atoms with Crippen molar-refractivity contribution < 1.29 is 5.11 Å². The summed E-state index contributed by atoms with van der Waals surface area (Å²) in [5, 5.41) is 9.46. The van der Waals surface area contributed by atoms with Gasteiger partial charge in [-0.05, 0) is 18.2 Å². The molecule has 0 amide bonds. The molecule has 1 aromatic heterocycles. The lowest BCUT2D eigenvalue weighted by molar-refractivity contribution is 0.188. The molecule has 1 fully saturated rings. The number of H-pyrrole nitrogens is 1. The third kappa shape index (κ3) is 2.84. The summed E-state index contributed by atoms with van der Waals surface area (Å²) >= 11 is 0. The van der Waals surface area contributed by atoms with Crippen molar-refractivity contribution in [2.75, 3.05) is 50.0 Å². The van der Waals surface area contributed by atoms with E-state index < -0.39 is 0 Å². The molecule has 0 atom stereocenters. The molecule has 4 N–H and O–H groups in total. The highest BCUT2D eigenvalue weighted by atomic mass is 16.3. The molecule has 0 spiro atoms. The van der Waals surface area contributed by atoms with Gasteiger partial charge >= 0.3 is 0 Å². The number of aromatic nitrogens is 2. The second-order valence-electron chi connectivity index (χ2n) is 5.22. The predicted molar refractivity (Wildman–Crippen MR) is 82.5 cm³/mol. The molecule has 0 unspecified atom stereocenters. The number of rotatable bonds is 3. The molecular formula is C14H19N5O2. The topological polar surface area (TPSA) is 98.5 Å². The maximum Gasteiger partial charge on any atom is 0.260 e. The maximum absolute atomic E-state index is 12.1. The van der Waals surface area contributed by atoms with Gasteiger partial charge in [-0.2, -0.15) is 0 Å². The Bertz CT molecular complexity index is 691. The summed E-state index contributed by atoms with van der Waals surface area (Å²) in [4.78, 5) is 23.7. The summed E-state index contributed by atoms with van der Waals surface area (Å²) in [6.45, 7) is 4.13. The first-order valence-corrected chi connectivity index (χ1v) is 7.05. The zero-order valence-corrected chi connectivity index (χ0v) is 11.7. The van der Waals surface area contributed by atoms with Gasteiger partial charge in [-0.25, -0.2) is 4.98 Å². The van der Waals surface area contributed by atoms with Crippen LogP contribution in [0.3, 0.4) is 0 Å². The summed E-state index contributed by atoms with van der Waals surface area (Å²) < 4.78 is 0. The Balaban J connectivity index is 1.85. The van der Waals surface area contributed by atoms with E-state index in [2.05, 4.69) is 19.8 Å². The number of aliphatic hydroxyl groups excluding tert-OH is 1. The van der Waals surface area contributed by atoms with Gasteiger partial charge in [-0.3, -0.25) is 14.7 Å². The van der Waals surface area contributed by atoms with Crippen LogP contribution >= 0.6 is 0 Å². The van der Waals surface area contributed by atoms with E-state index in [-0.39, 0.29) is 12.2 Å². The Kier molecular flexibility index (Phi) is 3.76. The minimum atomic E-state index is -0.167. The number of nitrogen functional groups attached to an aromatic ring is 1. The minimum absolute atomic E-state index is 0.167. The first-order valence-electron chi connectivity index (χ1n) is 7.05. The Morgan fingerprint density at radius 2 is 2.05 bits per heavy atom. The van der Waals surface area contributed by atoms with Gasteiger partial charge in [-0.15, -0.1) is 0 Å². The summed E-state index contributed by atoms with van der Waals surface area (Å²) in [6.07, 6.45) is 0. The second-order valence-corrected chi connectivity index (χ2v) is 5.22. The van der Waals surface area contributed by atoms with E-state index in [9.17, 15) is 4.79 Å². The first-order chi connectivity index (χ1) is 10.2. The average molecular weight is 289 g/mol. The molecule has 1 aliphatic rings. The fourth-order valence-electron chi connectivity index (χ4n) is 2.62. The molecule has 1 aliphatic heterocycles. The predicted octanol–water partition coefficient (Wildman–Crippen LogP) is -0.380. The summed E-state index contributed by atoms with van der Waals surface area (Å²) in [5.74, 6) is 0.598. The van der Waals surface area contributed by atoms with Gasteiger partial charge in [0, 0.05) is 38.4 Å². The molecule has 0 radical (unpaired) electrons. The Morgan fingerprint density at radius 3 is 2.76 bits per heavy atom. The number of fused-ring (bicyclic) bond motifs is 1. The van der Waals surface area contributed by atoms with Crippen molar-refractivity contribution in [3.8, 4) is 0 Å². The monoisotopic (exact) mass is 289 g/mol. The highest BCUT2D eigenvalue weighted by molar-refractivity contribution is 5.81. The molecule has 1 aromatic carbocycles. The summed E-state index contributed by atoms with van der Waals surface area (Å²) in [6, 6.07) is 5.16. The fraction of sp³-hybridized carbons (Fsp3) is 0.429. The fourth-order valence-corrected chi connectivity index (χ4v) is 2.62. The Hall–Kier alpha value is -2.12. The number of hydrogen-bond acceptors (Lipinski definition) is 6. The lowest BCUT2D eigenvalue weighted by Crippen LogP contribution is -2.48. The van der Waals surface area contributed by atoms with Crippen LogP contribution in [0, 0.1) is 0 Å². The largest absolute Gasteiger partial charge is 0.399 e. The van der Waals surface area contributed by atoms with E-state index >= 15 is 0 Å². The smallest absolute Gasteiger partial charge is 0.260 e. The van der Waals surface area contributed by atoms with Gasteiger partial charge in [0.25, 0.3) is 5.56 Å². The van der Waals surface area contributed by atoms with Gasteiger partial charge in [0.15, 0.2) is 0 Å². The number of anilines is 2. The van der Waals surface area contributed by atoms with E-state index in [0.717, 1.165) is 26.2 Å². The number of β-amino-alcohol motifs (C(OH)–C–C–N with tert-alkyl or cyclic N) is 1. The maximum atomic E-state index is 12.1. The van der Waals surface area contributed by atoms with Crippen LogP contribution in [0.15, 0.2) is 23.0 Å². The average Bonchev–Trinajstić information content (AvgIpc) is 2.49. The molecule has 0 aliphatic carbocycles. The van der Waals surface area contributed by atoms with Gasteiger partial charge < -0.3 is 15.7 Å². The number of piperazine rings is 1. The molecule has 2 heterocycles. The summed E-state index contributed by atoms with van der Waals surface area (Å²) in [7, 11) is 0. The number of nitrogens with one attached hydrogen (secondary N) is 1. The Morgan fingerprint density at radius 1 is 1.29 bits per heavy atom. The van der Waals surface area contributed by atoms with E-state index in [0.29, 0.717) is 29.1 Å². The van der Waals surface area contributed by atoms with Crippen molar-refractivity contribution in [3.63, 3.8) is 0 Å². The van der Waals surface area contributed by atoms with Crippen LogP contribution in [0.25, 0.3) is 10.9 Å². The van der Waals surface area contributed by atoms with Gasteiger partial charge in [0.2, 0.25) is 5.95 Å². The number of aromatic amines is 1.